The standard InChI is InChI=1S/C15H26N2O2S/c1-4-12-14(18)16-9-7-6-8-13(16)15(19)17(12)11(3)10-20-5-2/h11-13H,4-10H2,1-3H3. The van der Waals surface area contributed by atoms with Crippen molar-refractivity contribution in [3.63, 3.8) is 0 Å². The lowest BCUT2D eigenvalue weighted by Crippen LogP contribution is -2.67. The number of hydrogen-bond acceptors (Lipinski definition) is 3. The predicted molar refractivity (Wildman–Crippen MR) is 82.7 cm³/mol. The second kappa shape index (κ2) is 6.83. The molecule has 0 spiro atoms. The molecule has 0 aromatic carbocycles. The molecule has 3 atom stereocenters. The summed E-state index contributed by atoms with van der Waals surface area (Å²) in [5, 5.41) is 0. The van der Waals surface area contributed by atoms with Gasteiger partial charge in [-0.2, -0.15) is 11.8 Å². The van der Waals surface area contributed by atoms with Crippen LogP contribution in [0.2, 0.25) is 0 Å². The van der Waals surface area contributed by atoms with E-state index in [0.29, 0.717) is 0 Å². The summed E-state index contributed by atoms with van der Waals surface area (Å²) < 4.78 is 0. The first-order chi connectivity index (χ1) is 9.61. The fraction of sp³-hybridized carbons (Fsp3) is 0.867. The van der Waals surface area contributed by atoms with Crippen molar-refractivity contribution in [2.24, 2.45) is 0 Å². The number of piperazine rings is 1. The van der Waals surface area contributed by atoms with Crippen molar-refractivity contribution in [3.8, 4) is 0 Å². The summed E-state index contributed by atoms with van der Waals surface area (Å²) in [6.45, 7) is 6.97. The van der Waals surface area contributed by atoms with E-state index in [1.165, 1.54) is 0 Å². The molecule has 3 unspecified atom stereocenters. The number of fused-ring (bicyclic) bond motifs is 1. The molecule has 0 aliphatic carbocycles. The number of carbonyl (C=O) groups excluding carboxylic acids is 2. The highest BCUT2D eigenvalue weighted by Gasteiger charge is 2.47. The van der Waals surface area contributed by atoms with Crippen molar-refractivity contribution < 1.29 is 9.59 Å². The van der Waals surface area contributed by atoms with Crippen molar-refractivity contribution in [2.75, 3.05) is 18.1 Å². The SMILES string of the molecule is CCSCC(C)N1C(=O)C2CCCCN2C(=O)C1CC. The molecular weight excluding hydrogens is 272 g/mol. The van der Waals surface area contributed by atoms with Crippen LogP contribution in [0.25, 0.3) is 0 Å². The van der Waals surface area contributed by atoms with E-state index in [2.05, 4.69) is 13.8 Å². The molecule has 0 bridgehead atoms. The molecule has 2 heterocycles. The van der Waals surface area contributed by atoms with E-state index >= 15 is 0 Å². The number of amides is 2. The molecule has 5 heteroatoms. The fourth-order valence-electron chi connectivity index (χ4n) is 3.35. The lowest BCUT2D eigenvalue weighted by molar-refractivity contribution is -0.165. The average Bonchev–Trinajstić information content (AvgIpc) is 2.48. The molecule has 114 valence electrons. The molecule has 2 fully saturated rings. The van der Waals surface area contributed by atoms with Crippen molar-refractivity contribution in [3.05, 3.63) is 0 Å². The maximum Gasteiger partial charge on any atom is 0.246 e. The molecule has 0 radical (unpaired) electrons. The first-order valence-electron chi connectivity index (χ1n) is 7.82. The number of thioether (sulfide) groups is 1. The van der Waals surface area contributed by atoms with Gasteiger partial charge in [0, 0.05) is 18.3 Å². The number of rotatable bonds is 5. The van der Waals surface area contributed by atoms with Gasteiger partial charge in [-0.25, -0.2) is 0 Å². The molecule has 0 aromatic rings. The summed E-state index contributed by atoms with van der Waals surface area (Å²) >= 11 is 1.84. The monoisotopic (exact) mass is 298 g/mol. The van der Waals surface area contributed by atoms with Gasteiger partial charge >= 0.3 is 0 Å². The maximum absolute atomic E-state index is 12.8. The molecule has 2 rings (SSSR count). The van der Waals surface area contributed by atoms with E-state index in [1.807, 2.05) is 28.5 Å². The minimum absolute atomic E-state index is 0.144. The quantitative estimate of drug-likeness (QED) is 0.781. The van der Waals surface area contributed by atoms with Gasteiger partial charge < -0.3 is 9.80 Å². The third-order valence-electron chi connectivity index (χ3n) is 4.37. The first-order valence-corrected chi connectivity index (χ1v) is 8.97. The summed E-state index contributed by atoms with van der Waals surface area (Å²) in [4.78, 5) is 29.2. The molecule has 2 aliphatic heterocycles. The fourth-order valence-corrected chi connectivity index (χ4v) is 4.09. The molecule has 2 saturated heterocycles. The molecule has 0 N–H and O–H groups in total. The third kappa shape index (κ3) is 2.83. The molecule has 2 amide bonds. The van der Waals surface area contributed by atoms with Crippen LogP contribution in [-0.4, -0.2) is 57.8 Å². The van der Waals surface area contributed by atoms with Crippen molar-refractivity contribution >= 4 is 23.6 Å². The van der Waals surface area contributed by atoms with Gasteiger partial charge in [-0.3, -0.25) is 9.59 Å². The van der Waals surface area contributed by atoms with Crippen molar-refractivity contribution in [1.82, 2.24) is 9.80 Å². The Kier molecular flexibility index (Phi) is 5.35. The van der Waals surface area contributed by atoms with Gasteiger partial charge in [0.25, 0.3) is 0 Å². The van der Waals surface area contributed by atoms with Crippen LogP contribution in [0.4, 0.5) is 0 Å². The smallest absolute Gasteiger partial charge is 0.246 e. The predicted octanol–water partition coefficient (Wildman–Crippen LogP) is 2.13. The number of hydrogen-bond donors (Lipinski definition) is 0. The van der Waals surface area contributed by atoms with Gasteiger partial charge in [0.05, 0.1) is 0 Å². The number of nitrogens with zero attached hydrogens (tertiary/aromatic N) is 2. The van der Waals surface area contributed by atoms with Crippen molar-refractivity contribution in [1.29, 1.82) is 0 Å². The lowest BCUT2D eigenvalue weighted by atomic mass is 9.93. The molecule has 4 nitrogen and oxygen atoms in total. The Labute approximate surface area is 126 Å². The molecule has 20 heavy (non-hydrogen) atoms. The van der Waals surface area contributed by atoms with Crippen LogP contribution >= 0.6 is 11.8 Å². The third-order valence-corrected chi connectivity index (χ3v) is 5.50. The van der Waals surface area contributed by atoms with Crippen LogP contribution in [0, 0.1) is 0 Å². The summed E-state index contributed by atoms with van der Waals surface area (Å²) in [6, 6.07) is -0.289. The topological polar surface area (TPSA) is 40.6 Å². The van der Waals surface area contributed by atoms with Gasteiger partial charge in [0.2, 0.25) is 11.8 Å². The maximum atomic E-state index is 12.8. The summed E-state index contributed by atoms with van der Waals surface area (Å²) in [7, 11) is 0. The average molecular weight is 298 g/mol. The van der Waals surface area contributed by atoms with E-state index in [1.54, 1.807) is 0 Å². The molecule has 2 aliphatic rings. The van der Waals surface area contributed by atoms with E-state index in [0.717, 1.165) is 43.7 Å². The summed E-state index contributed by atoms with van der Waals surface area (Å²) in [5.74, 6) is 2.32. The Hall–Kier alpha value is -0.710. The largest absolute Gasteiger partial charge is 0.329 e. The molecule has 0 aromatic heterocycles. The van der Waals surface area contributed by atoms with E-state index in [9.17, 15) is 9.59 Å². The number of piperidine rings is 1. The second-order valence-electron chi connectivity index (χ2n) is 5.72. The zero-order chi connectivity index (χ0) is 14.7. The Balaban J connectivity index is 2.19. The van der Waals surface area contributed by atoms with E-state index in [4.69, 9.17) is 0 Å². The normalized spacial score (nSPS) is 28.6. The number of carbonyl (C=O) groups is 2. The zero-order valence-electron chi connectivity index (χ0n) is 12.8. The highest BCUT2D eigenvalue weighted by molar-refractivity contribution is 7.99. The lowest BCUT2D eigenvalue weighted by Gasteiger charge is -2.48. The van der Waals surface area contributed by atoms with Gasteiger partial charge in [0.15, 0.2) is 0 Å². The second-order valence-corrected chi connectivity index (χ2v) is 7.04. The Morgan fingerprint density at radius 2 is 2.00 bits per heavy atom. The van der Waals surface area contributed by atoms with Gasteiger partial charge in [0.1, 0.15) is 12.1 Å². The minimum atomic E-state index is -0.246. The van der Waals surface area contributed by atoms with Crippen LogP contribution < -0.4 is 0 Å². The van der Waals surface area contributed by atoms with Crippen LogP contribution in [0.5, 0.6) is 0 Å². The highest BCUT2D eigenvalue weighted by Crippen LogP contribution is 2.29. The Bertz CT molecular complexity index is 375. The summed E-state index contributed by atoms with van der Waals surface area (Å²) in [6.07, 6.45) is 3.65. The summed E-state index contributed by atoms with van der Waals surface area (Å²) in [5.41, 5.74) is 0. The molecule has 0 saturated carbocycles. The Morgan fingerprint density at radius 1 is 1.25 bits per heavy atom. The highest BCUT2D eigenvalue weighted by atomic mass is 32.2. The van der Waals surface area contributed by atoms with Crippen LogP contribution in [0.3, 0.4) is 0 Å². The van der Waals surface area contributed by atoms with Crippen molar-refractivity contribution in [2.45, 2.75) is 64.6 Å². The van der Waals surface area contributed by atoms with E-state index in [-0.39, 0.29) is 29.9 Å². The van der Waals surface area contributed by atoms with E-state index < -0.39 is 0 Å². The van der Waals surface area contributed by atoms with Gasteiger partial charge in [-0.05, 0) is 38.4 Å². The van der Waals surface area contributed by atoms with Crippen LogP contribution in [-0.2, 0) is 9.59 Å². The van der Waals surface area contributed by atoms with Gasteiger partial charge in [-0.15, -0.1) is 0 Å². The minimum Gasteiger partial charge on any atom is -0.329 e. The first kappa shape index (κ1) is 15.7. The Morgan fingerprint density at radius 3 is 2.65 bits per heavy atom. The molecular formula is C15H26N2O2S. The van der Waals surface area contributed by atoms with Crippen LogP contribution in [0.15, 0.2) is 0 Å². The zero-order valence-corrected chi connectivity index (χ0v) is 13.6. The van der Waals surface area contributed by atoms with Crippen LogP contribution in [0.1, 0.15) is 46.5 Å². The van der Waals surface area contributed by atoms with Gasteiger partial charge in [-0.1, -0.05) is 13.8 Å².